The molecule has 2 aromatic carbocycles. The van der Waals surface area contributed by atoms with E-state index in [9.17, 15) is 10.1 Å². The summed E-state index contributed by atoms with van der Waals surface area (Å²) in [5.41, 5.74) is 1.74. The van der Waals surface area contributed by atoms with Gasteiger partial charge in [0.05, 0.1) is 9.82 Å². The summed E-state index contributed by atoms with van der Waals surface area (Å²) in [6, 6.07) is 12.0. The number of rotatable bonds is 4. The molecule has 0 spiro atoms. The van der Waals surface area contributed by atoms with Gasteiger partial charge in [-0.25, -0.2) is 0 Å². The summed E-state index contributed by atoms with van der Waals surface area (Å²) in [6.07, 6.45) is 0. The van der Waals surface area contributed by atoms with Crippen molar-refractivity contribution in [3.05, 3.63) is 63.2 Å². The SMILES string of the molecule is Cc1ccccc1-c1nnc(Sc2ccc(Cl)cc2[N+](=O)[O-])o1. The maximum Gasteiger partial charge on any atom is 0.284 e. The van der Waals surface area contributed by atoms with Crippen LogP contribution in [0.4, 0.5) is 5.69 Å². The van der Waals surface area contributed by atoms with Gasteiger partial charge in [-0.1, -0.05) is 29.8 Å². The number of aromatic nitrogens is 2. The van der Waals surface area contributed by atoms with Gasteiger partial charge >= 0.3 is 0 Å². The van der Waals surface area contributed by atoms with E-state index in [0.717, 1.165) is 22.9 Å². The van der Waals surface area contributed by atoms with Gasteiger partial charge in [0, 0.05) is 16.7 Å². The van der Waals surface area contributed by atoms with Crippen LogP contribution in [0.3, 0.4) is 0 Å². The molecule has 0 saturated carbocycles. The van der Waals surface area contributed by atoms with Gasteiger partial charge in [-0.15, -0.1) is 10.2 Å². The number of halogens is 1. The fourth-order valence-corrected chi connectivity index (χ4v) is 2.92. The molecular weight excluding hydrogens is 338 g/mol. The van der Waals surface area contributed by atoms with Crippen molar-refractivity contribution in [1.82, 2.24) is 10.2 Å². The van der Waals surface area contributed by atoms with E-state index in [0.29, 0.717) is 15.8 Å². The lowest BCUT2D eigenvalue weighted by Crippen LogP contribution is -1.90. The first-order chi connectivity index (χ1) is 11.0. The third-order valence-electron chi connectivity index (χ3n) is 3.10. The first kappa shape index (κ1) is 15.5. The van der Waals surface area contributed by atoms with Crippen molar-refractivity contribution in [2.75, 3.05) is 0 Å². The van der Waals surface area contributed by atoms with Crippen molar-refractivity contribution < 1.29 is 9.34 Å². The Morgan fingerprint density at radius 2 is 2.00 bits per heavy atom. The topological polar surface area (TPSA) is 82.1 Å². The molecule has 0 N–H and O–H groups in total. The second-order valence-electron chi connectivity index (χ2n) is 4.66. The van der Waals surface area contributed by atoms with Crippen molar-refractivity contribution in [3.8, 4) is 11.5 Å². The van der Waals surface area contributed by atoms with E-state index >= 15 is 0 Å². The maximum absolute atomic E-state index is 11.1. The Hall–Kier alpha value is -2.38. The average Bonchev–Trinajstić information content (AvgIpc) is 2.97. The molecule has 23 heavy (non-hydrogen) atoms. The second kappa shape index (κ2) is 6.39. The molecule has 0 fully saturated rings. The van der Waals surface area contributed by atoms with Gasteiger partial charge in [-0.2, -0.15) is 0 Å². The summed E-state index contributed by atoms with van der Waals surface area (Å²) in [4.78, 5) is 11.0. The van der Waals surface area contributed by atoms with Crippen LogP contribution in [0.1, 0.15) is 5.56 Å². The van der Waals surface area contributed by atoms with E-state index in [2.05, 4.69) is 10.2 Å². The van der Waals surface area contributed by atoms with Crippen LogP contribution in [0.5, 0.6) is 0 Å². The Kier molecular flexibility index (Phi) is 4.31. The minimum atomic E-state index is -0.493. The quantitative estimate of drug-likeness (QED) is 0.500. The van der Waals surface area contributed by atoms with Gasteiger partial charge in [0.1, 0.15) is 0 Å². The van der Waals surface area contributed by atoms with Gasteiger partial charge in [0.15, 0.2) is 0 Å². The minimum absolute atomic E-state index is 0.0989. The average molecular weight is 348 g/mol. The molecule has 3 aromatic rings. The van der Waals surface area contributed by atoms with Crippen LogP contribution < -0.4 is 0 Å². The molecule has 0 bridgehead atoms. The van der Waals surface area contributed by atoms with Crippen molar-refractivity contribution >= 4 is 29.1 Å². The van der Waals surface area contributed by atoms with Crippen LogP contribution in [-0.4, -0.2) is 15.1 Å². The molecule has 0 saturated heterocycles. The Balaban J connectivity index is 1.91. The second-order valence-corrected chi connectivity index (χ2v) is 6.09. The Labute approximate surface area is 140 Å². The first-order valence-electron chi connectivity index (χ1n) is 6.56. The molecule has 0 radical (unpaired) electrons. The number of hydrogen-bond acceptors (Lipinski definition) is 6. The molecule has 0 unspecified atom stereocenters. The highest BCUT2D eigenvalue weighted by molar-refractivity contribution is 7.99. The Morgan fingerprint density at radius 1 is 1.22 bits per heavy atom. The summed E-state index contributed by atoms with van der Waals surface area (Å²) in [5.74, 6) is 0.377. The van der Waals surface area contributed by atoms with Crippen LogP contribution in [0.2, 0.25) is 5.02 Å². The van der Waals surface area contributed by atoms with E-state index in [1.165, 1.54) is 6.07 Å². The monoisotopic (exact) mass is 347 g/mol. The summed E-state index contributed by atoms with van der Waals surface area (Å²) in [7, 11) is 0. The molecule has 0 aliphatic carbocycles. The third-order valence-corrected chi connectivity index (χ3v) is 4.24. The maximum atomic E-state index is 11.1. The summed E-state index contributed by atoms with van der Waals surface area (Å²) < 4.78 is 5.60. The van der Waals surface area contributed by atoms with Crippen LogP contribution in [0.25, 0.3) is 11.5 Å². The standard InChI is InChI=1S/C15H10ClN3O3S/c1-9-4-2-3-5-11(9)14-17-18-15(22-14)23-13-7-6-10(16)8-12(13)19(20)21/h2-8H,1H3. The molecule has 6 nitrogen and oxygen atoms in total. The molecule has 8 heteroatoms. The lowest BCUT2D eigenvalue weighted by atomic mass is 10.1. The molecular formula is C15H10ClN3O3S. The molecule has 0 aliphatic rings. The minimum Gasteiger partial charge on any atom is -0.411 e. The summed E-state index contributed by atoms with van der Waals surface area (Å²) in [5, 5.41) is 19.6. The molecule has 116 valence electrons. The molecule has 1 heterocycles. The van der Waals surface area contributed by atoms with Crippen LogP contribution >= 0.6 is 23.4 Å². The number of aryl methyl sites for hydroxylation is 1. The van der Waals surface area contributed by atoms with Gasteiger partial charge in [-0.05, 0) is 42.4 Å². The van der Waals surface area contributed by atoms with Crippen molar-refractivity contribution in [3.63, 3.8) is 0 Å². The summed E-state index contributed by atoms with van der Waals surface area (Å²) in [6.45, 7) is 1.94. The molecule has 3 rings (SSSR count). The third kappa shape index (κ3) is 3.35. The fourth-order valence-electron chi connectivity index (χ4n) is 1.99. The highest BCUT2D eigenvalue weighted by Crippen LogP contribution is 2.36. The Morgan fingerprint density at radius 3 is 2.74 bits per heavy atom. The van der Waals surface area contributed by atoms with E-state index in [1.54, 1.807) is 12.1 Å². The smallest absolute Gasteiger partial charge is 0.284 e. The fraction of sp³-hybridized carbons (Fsp3) is 0.0667. The van der Waals surface area contributed by atoms with Gasteiger partial charge in [0.25, 0.3) is 10.9 Å². The van der Waals surface area contributed by atoms with Gasteiger partial charge in [0.2, 0.25) is 5.89 Å². The van der Waals surface area contributed by atoms with E-state index in [4.69, 9.17) is 16.0 Å². The lowest BCUT2D eigenvalue weighted by Gasteiger charge is -2.00. The molecule has 1 aromatic heterocycles. The number of nitro benzene ring substituents is 1. The molecule has 0 aliphatic heterocycles. The van der Waals surface area contributed by atoms with Crippen molar-refractivity contribution in [1.29, 1.82) is 0 Å². The lowest BCUT2D eigenvalue weighted by molar-refractivity contribution is -0.387. The number of nitrogens with zero attached hydrogens (tertiary/aromatic N) is 3. The van der Waals surface area contributed by atoms with Gasteiger partial charge in [-0.3, -0.25) is 10.1 Å². The van der Waals surface area contributed by atoms with Crippen LogP contribution in [0, 0.1) is 17.0 Å². The van der Waals surface area contributed by atoms with Crippen LogP contribution in [0.15, 0.2) is 57.0 Å². The predicted octanol–water partition coefficient (Wildman–Crippen LogP) is 4.76. The Bertz CT molecular complexity index is 882. The van der Waals surface area contributed by atoms with Gasteiger partial charge < -0.3 is 4.42 Å². The van der Waals surface area contributed by atoms with Crippen molar-refractivity contribution in [2.24, 2.45) is 0 Å². The largest absolute Gasteiger partial charge is 0.411 e. The summed E-state index contributed by atoms with van der Waals surface area (Å²) >= 11 is 6.83. The zero-order chi connectivity index (χ0) is 16.4. The zero-order valence-electron chi connectivity index (χ0n) is 11.9. The number of nitro groups is 1. The van der Waals surface area contributed by atoms with E-state index in [-0.39, 0.29) is 10.9 Å². The van der Waals surface area contributed by atoms with E-state index in [1.807, 2.05) is 31.2 Å². The highest BCUT2D eigenvalue weighted by Gasteiger charge is 2.19. The highest BCUT2D eigenvalue weighted by atomic mass is 35.5. The van der Waals surface area contributed by atoms with E-state index < -0.39 is 4.92 Å². The first-order valence-corrected chi connectivity index (χ1v) is 7.75. The van der Waals surface area contributed by atoms with Crippen LogP contribution in [-0.2, 0) is 0 Å². The zero-order valence-corrected chi connectivity index (χ0v) is 13.5. The van der Waals surface area contributed by atoms with Crippen molar-refractivity contribution in [2.45, 2.75) is 17.0 Å². The normalized spacial score (nSPS) is 10.7. The molecule has 0 amide bonds. The molecule has 0 atom stereocenters. The number of benzene rings is 2. The number of hydrogen-bond donors (Lipinski definition) is 0. The predicted molar refractivity (Wildman–Crippen MR) is 86.7 cm³/mol.